The fourth-order valence-electron chi connectivity index (χ4n) is 2.04. The van der Waals surface area contributed by atoms with Crippen molar-refractivity contribution in [1.82, 2.24) is 9.97 Å². The molecule has 0 saturated heterocycles. The molecule has 1 aromatic heterocycles. The SMILES string of the molecule is COP(=O)(OC)C(Nc1ccc(C)cc1)c1c[nH]c(=O)[nH]c1=O. The van der Waals surface area contributed by atoms with Crippen LogP contribution >= 0.6 is 7.60 Å². The van der Waals surface area contributed by atoms with Crippen LogP contribution in [0.5, 0.6) is 0 Å². The van der Waals surface area contributed by atoms with E-state index in [0.29, 0.717) is 5.69 Å². The van der Waals surface area contributed by atoms with E-state index in [2.05, 4.69) is 15.3 Å². The highest BCUT2D eigenvalue weighted by Gasteiger charge is 2.37. The average molecular weight is 339 g/mol. The predicted molar refractivity (Wildman–Crippen MR) is 86.9 cm³/mol. The maximum Gasteiger partial charge on any atom is 0.356 e. The topological polar surface area (TPSA) is 113 Å². The van der Waals surface area contributed by atoms with E-state index in [4.69, 9.17) is 9.05 Å². The number of aromatic nitrogens is 2. The molecule has 1 aromatic carbocycles. The zero-order chi connectivity index (χ0) is 17.0. The third kappa shape index (κ3) is 3.79. The number of aryl methyl sites for hydroxylation is 1. The molecule has 3 N–H and O–H groups in total. The lowest BCUT2D eigenvalue weighted by molar-refractivity contribution is 0.268. The Morgan fingerprint density at radius 3 is 2.26 bits per heavy atom. The minimum Gasteiger partial charge on any atom is -0.368 e. The smallest absolute Gasteiger partial charge is 0.356 e. The van der Waals surface area contributed by atoms with Gasteiger partial charge in [-0.25, -0.2) is 4.79 Å². The summed E-state index contributed by atoms with van der Waals surface area (Å²) in [7, 11) is -1.23. The molecule has 0 amide bonds. The van der Waals surface area contributed by atoms with Crippen molar-refractivity contribution < 1.29 is 13.6 Å². The van der Waals surface area contributed by atoms with Gasteiger partial charge in [0.25, 0.3) is 5.56 Å². The van der Waals surface area contributed by atoms with E-state index in [9.17, 15) is 14.2 Å². The van der Waals surface area contributed by atoms with Crippen LogP contribution in [-0.2, 0) is 13.6 Å². The normalized spacial score (nSPS) is 12.8. The van der Waals surface area contributed by atoms with Crippen LogP contribution in [0.15, 0.2) is 40.1 Å². The first-order valence-electron chi connectivity index (χ1n) is 6.76. The summed E-state index contributed by atoms with van der Waals surface area (Å²) >= 11 is 0. The maximum absolute atomic E-state index is 12.8. The molecular weight excluding hydrogens is 321 g/mol. The summed E-state index contributed by atoms with van der Waals surface area (Å²) in [6, 6.07) is 7.28. The minimum absolute atomic E-state index is 0.0391. The van der Waals surface area contributed by atoms with E-state index >= 15 is 0 Å². The fraction of sp³-hybridized carbons (Fsp3) is 0.286. The number of anilines is 1. The minimum atomic E-state index is -3.69. The monoisotopic (exact) mass is 339 g/mol. The summed E-state index contributed by atoms with van der Waals surface area (Å²) in [4.78, 5) is 27.7. The molecule has 0 fully saturated rings. The third-order valence-electron chi connectivity index (χ3n) is 3.32. The van der Waals surface area contributed by atoms with Crippen molar-refractivity contribution in [2.75, 3.05) is 19.5 Å². The second-order valence-corrected chi connectivity index (χ2v) is 7.17. The highest BCUT2D eigenvalue weighted by atomic mass is 31.2. The third-order valence-corrected chi connectivity index (χ3v) is 5.38. The highest BCUT2D eigenvalue weighted by Crippen LogP contribution is 2.58. The van der Waals surface area contributed by atoms with Crippen molar-refractivity contribution in [2.24, 2.45) is 0 Å². The van der Waals surface area contributed by atoms with Gasteiger partial charge in [0.05, 0.1) is 5.56 Å². The molecule has 0 radical (unpaired) electrons. The first-order valence-corrected chi connectivity index (χ1v) is 8.37. The summed E-state index contributed by atoms with van der Waals surface area (Å²) in [6.07, 6.45) is 1.19. The Hall–Kier alpha value is -2.15. The van der Waals surface area contributed by atoms with Gasteiger partial charge in [0, 0.05) is 26.1 Å². The highest BCUT2D eigenvalue weighted by molar-refractivity contribution is 7.54. The molecule has 1 unspecified atom stereocenters. The zero-order valence-electron chi connectivity index (χ0n) is 13.0. The molecule has 0 saturated carbocycles. The van der Waals surface area contributed by atoms with Crippen LogP contribution in [0, 0.1) is 6.92 Å². The summed E-state index contributed by atoms with van der Waals surface area (Å²) in [5, 5.41) is 2.97. The first kappa shape index (κ1) is 17.2. The van der Waals surface area contributed by atoms with Crippen LogP contribution in [0.1, 0.15) is 16.9 Å². The molecule has 2 rings (SSSR count). The van der Waals surface area contributed by atoms with Crippen LogP contribution in [0.2, 0.25) is 0 Å². The van der Waals surface area contributed by atoms with Crippen molar-refractivity contribution in [3.63, 3.8) is 0 Å². The van der Waals surface area contributed by atoms with Crippen LogP contribution < -0.4 is 16.6 Å². The van der Waals surface area contributed by atoms with Gasteiger partial charge in [0.2, 0.25) is 0 Å². The van der Waals surface area contributed by atoms with Crippen LogP contribution in [0.25, 0.3) is 0 Å². The molecular formula is C14H18N3O5P. The fourth-order valence-corrected chi connectivity index (χ4v) is 3.45. The van der Waals surface area contributed by atoms with Gasteiger partial charge in [0.15, 0.2) is 5.78 Å². The van der Waals surface area contributed by atoms with E-state index in [1.165, 1.54) is 20.4 Å². The van der Waals surface area contributed by atoms with Gasteiger partial charge in [-0.1, -0.05) is 17.7 Å². The van der Waals surface area contributed by atoms with Gasteiger partial charge in [-0.15, -0.1) is 0 Å². The number of nitrogens with one attached hydrogen (secondary N) is 3. The molecule has 9 heteroatoms. The summed E-state index contributed by atoms with van der Waals surface area (Å²) in [6.45, 7) is 1.93. The number of rotatable bonds is 6. The molecule has 0 aliphatic rings. The Bertz CT molecular complexity index is 819. The lowest BCUT2D eigenvalue weighted by atomic mass is 10.2. The molecule has 0 aliphatic heterocycles. The van der Waals surface area contributed by atoms with Gasteiger partial charge in [-0.2, -0.15) is 0 Å². The Morgan fingerprint density at radius 2 is 1.74 bits per heavy atom. The van der Waals surface area contributed by atoms with Crippen molar-refractivity contribution in [3.8, 4) is 0 Å². The number of benzene rings is 1. The molecule has 0 aliphatic carbocycles. The van der Waals surface area contributed by atoms with E-state index in [-0.39, 0.29) is 5.56 Å². The predicted octanol–water partition coefficient (Wildman–Crippen LogP) is 1.97. The van der Waals surface area contributed by atoms with E-state index in [0.717, 1.165) is 5.56 Å². The van der Waals surface area contributed by atoms with Crippen molar-refractivity contribution in [1.29, 1.82) is 0 Å². The molecule has 23 heavy (non-hydrogen) atoms. The van der Waals surface area contributed by atoms with Gasteiger partial charge >= 0.3 is 13.3 Å². The second-order valence-electron chi connectivity index (χ2n) is 4.85. The molecule has 0 spiro atoms. The molecule has 1 atom stereocenters. The largest absolute Gasteiger partial charge is 0.368 e. The number of aromatic amines is 2. The van der Waals surface area contributed by atoms with E-state index in [1.807, 2.05) is 19.1 Å². The molecule has 8 nitrogen and oxygen atoms in total. The molecule has 124 valence electrons. The number of hydrogen-bond acceptors (Lipinski definition) is 6. The Balaban J connectivity index is 2.51. The van der Waals surface area contributed by atoms with Gasteiger partial charge in [0.1, 0.15) is 0 Å². The van der Waals surface area contributed by atoms with Crippen molar-refractivity contribution >= 4 is 13.3 Å². The lowest BCUT2D eigenvalue weighted by Gasteiger charge is -2.25. The lowest BCUT2D eigenvalue weighted by Crippen LogP contribution is -2.29. The van der Waals surface area contributed by atoms with Crippen molar-refractivity contribution in [2.45, 2.75) is 12.7 Å². The summed E-state index contributed by atoms with van der Waals surface area (Å²) in [5.41, 5.74) is 0.388. The standard InChI is InChI=1S/C14H18N3O5P/c1-9-4-6-10(7-5-9)16-13(23(20,21-2)22-3)11-8-15-14(19)17-12(11)18/h4-8,13,16H,1-3H3,(H2,15,17,18,19). The van der Waals surface area contributed by atoms with Gasteiger partial charge in [-0.05, 0) is 19.1 Å². The van der Waals surface area contributed by atoms with Crippen LogP contribution in [0.3, 0.4) is 0 Å². The van der Waals surface area contributed by atoms with Crippen LogP contribution in [0.4, 0.5) is 5.69 Å². The Labute approximate surface area is 132 Å². The molecule has 0 bridgehead atoms. The summed E-state index contributed by atoms with van der Waals surface area (Å²) in [5.74, 6) is -1.08. The summed E-state index contributed by atoms with van der Waals surface area (Å²) < 4.78 is 22.8. The maximum atomic E-state index is 12.8. The zero-order valence-corrected chi connectivity index (χ0v) is 13.8. The Morgan fingerprint density at radius 1 is 1.13 bits per heavy atom. The Kier molecular flexibility index (Phi) is 5.20. The van der Waals surface area contributed by atoms with Crippen molar-refractivity contribution in [3.05, 3.63) is 62.4 Å². The quantitative estimate of drug-likeness (QED) is 0.694. The molecule has 2 aromatic rings. The second kappa shape index (κ2) is 6.95. The van der Waals surface area contributed by atoms with Gasteiger partial charge in [-0.3, -0.25) is 14.3 Å². The van der Waals surface area contributed by atoms with E-state index in [1.54, 1.807) is 12.1 Å². The number of H-pyrrole nitrogens is 2. The molecule has 1 heterocycles. The van der Waals surface area contributed by atoms with Crippen LogP contribution in [-0.4, -0.2) is 24.2 Å². The number of hydrogen-bond donors (Lipinski definition) is 3. The van der Waals surface area contributed by atoms with E-state index < -0.39 is 24.6 Å². The van der Waals surface area contributed by atoms with Gasteiger partial charge < -0.3 is 19.3 Å². The first-order chi connectivity index (χ1) is 10.9. The average Bonchev–Trinajstić information content (AvgIpc) is 2.54.